The molecule has 0 saturated carbocycles. The third kappa shape index (κ3) is 4.49. The van der Waals surface area contributed by atoms with Gasteiger partial charge in [0.2, 0.25) is 0 Å². The number of hydrogen-bond donors (Lipinski definition) is 1. The highest BCUT2D eigenvalue weighted by Crippen LogP contribution is 2.25. The van der Waals surface area contributed by atoms with Crippen molar-refractivity contribution in [1.29, 1.82) is 0 Å². The van der Waals surface area contributed by atoms with Gasteiger partial charge in [-0.1, -0.05) is 17.7 Å². The van der Waals surface area contributed by atoms with E-state index in [1.807, 2.05) is 0 Å². The molecule has 0 fully saturated rings. The van der Waals surface area contributed by atoms with E-state index >= 15 is 0 Å². The molecule has 0 saturated heterocycles. The summed E-state index contributed by atoms with van der Waals surface area (Å²) in [6, 6.07) is 11.7. The summed E-state index contributed by atoms with van der Waals surface area (Å²) in [7, 11) is 1.57. The number of hydrogen-bond acceptors (Lipinski definition) is 3. The van der Waals surface area contributed by atoms with Crippen LogP contribution >= 0.6 is 11.6 Å². The average Bonchev–Trinajstić information content (AvgIpc) is 2.45. The Morgan fingerprint density at radius 1 is 1.19 bits per heavy atom. The van der Waals surface area contributed by atoms with Gasteiger partial charge >= 0.3 is 6.61 Å². The Morgan fingerprint density at radius 2 is 2.00 bits per heavy atom. The van der Waals surface area contributed by atoms with Crippen molar-refractivity contribution in [2.75, 3.05) is 12.4 Å². The molecule has 0 spiro atoms. The lowest BCUT2D eigenvalue weighted by Gasteiger charge is -2.12. The molecule has 0 aliphatic rings. The van der Waals surface area contributed by atoms with E-state index in [2.05, 4.69) is 10.1 Å². The Hall–Kier alpha value is -2.01. The molecule has 112 valence electrons. The third-order valence-electron chi connectivity index (χ3n) is 2.78. The van der Waals surface area contributed by atoms with Crippen molar-refractivity contribution in [2.24, 2.45) is 0 Å². The fraction of sp³-hybridized carbons (Fsp3) is 0.200. The summed E-state index contributed by atoms with van der Waals surface area (Å²) >= 11 is 5.95. The lowest BCUT2D eigenvalue weighted by atomic mass is 10.2. The second kappa shape index (κ2) is 7.13. The van der Waals surface area contributed by atoms with E-state index < -0.39 is 6.61 Å². The summed E-state index contributed by atoms with van der Waals surface area (Å²) < 4.78 is 33.9. The van der Waals surface area contributed by atoms with Gasteiger partial charge < -0.3 is 14.8 Å². The molecule has 0 atom stereocenters. The Morgan fingerprint density at radius 3 is 2.71 bits per heavy atom. The maximum atomic E-state index is 12.2. The summed E-state index contributed by atoms with van der Waals surface area (Å²) in [4.78, 5) is 0. The number of nitrogens with one attached hydrogen (secondary N) is 1. The van der Waals surface area contributed by atoms with Crippen molar-refractivity contribution >= 4 is 17.3 Å². The van der Waals surface area contributed by atoms with Crippen LogP contribution < -0.4 is 14.8 Å². The van der Waals surface area contributed by atoms with Crippen LogP contribution in [0.15, 0.2) is 42.5 Å². The SMILES string of the molecule is COc1ccc(Cl)cc1CNc1cccc(OC(F)F)c1. The predicted molar refractivity (Wildman–Crippen MR) is 78.4 cm³/mol. The maximum absolute atomic E-state index is 12.2. The summed E-state index contributed by atoms with van der Waals surface area (Å²) in [5.41, 5.74) is 1.53. The fourth-order valence-electron chi connectivity index (χ4n) is 1.86. The number of benzene rings is 2. The molecule has 2 aromatic rings. The summed E-state index contributed by atoms with van der Waals surface area (Å²) in [6.07, 6.45) is 0. The van der Waals surface area contributed by atoms with Crippen LogP contribution in [0.5, 0.6) is 11.5 Å². The lowest BCUT2D eigenvalue weighted by Crippen LogP contribution is -2.04. The Kier molecular flexibility index (Phi) is 5.22. The van der Waals surface area contributed by atoms with E-state index in [1.165, 1.54) is 12.1 Å². The topological polar surface area (TPSA) is 30.5 Å². The van der Waals surface area contributed by atoms with E-state index in [0.717, 1.165) is 5.56 Å². The summed E-state index contributed by atoms with van der Waals surface area (Å²) in [5.74, 6) is 0.806. The van der Waals surface area contributed by atoms with Crippen molar-refractivity contribution in [3.63, 3.8) is 0 Å². The molecule has 0 bridgehead atoms. The van der Waals surface area contributed by atoms with Crippen LogP contribution in [0.3, 0.4) is 0 Å². The Balaban J connectivity index is 2.07. The van der Waals surface area contributed by atoms with Gasteiger partial charge in [-0.25, -0.2) is 0 Å². The standard InChI is InChI=1S/C15H14ClF2NO2/c1-20-14-6-5-11(16)7-10(14)9-19-12-3-2-4-13(8-12)21-15(17)18/h2-8,15,19H,9H2,1H3. The second-order valence-electron chi connectivity index (χ2n) is 4.22. The van der Waals surface area contributed by atoms with Gasteiger partial charge in [0.25, 0.3) is 0 Å². The fourth-order valence-corrected chi connectivity index (χ4v) is 2.06. The molecule has 0 heterocycles. The van der Waals surface area contributed by atoms with Crippen molar-refractivity contribution < 1.29 is 18.3 Å². The zero-order chi connectivity index (χ0) is 15.2. The smallest absolute Gasteiger partial charge is 0.387 e. The van der Waals surface area contributed by atoms with E-state index in [4.69, 9.17) is 16.3 Å². The van der Waals surface area contributed by atoms with Crippen molar-refractivity contribution in [2.45, 2.75) is 13.2 Å². The van der Waals surface area contributed by atoms with Gasteiger partial charge in [-0.15, -0.1) is 0 Å². The van der Waals surface area contributed by atoms with Gasteiger partial charge in [0.05, 0.1) is 7.11 Å². The first-order valence-electron chi connectivity index (χ1n) is 6.19. The van der Waals surface area contributed by atoms with Crippen LogP contribution in [-0.4, -0.2) is 13.7 Å². The largest absolute Gasteiger partial charge is 0.496 e. The van der Waals surface area contributed by atoms with E-state index in [-0.39, 0.29) is 5.75 Å². The molecule has 0 aliphatic heterocycles. The molecule has 2 aromatic carbocycles. The normalized spacial score (nSPS) is 10.5. The van der Waals surface area contributed by atoms with E-state index in [9.17, 15) is 8.78 Å². The van der Waals surface area contributed by atoms with Crippen LogP contribution in [0.2, 0.25) is 5.02 Å². The molecule has 2 rings (SSSR count). The van der Waals surface area contributed by atoms with Gasteiger partial charge in [0.15, 0.2) is 0 Å². The van der Waals surface area contributed by atoms with Gasteiger partial charge in [0, 0.05) is 28.9 Å². The van der Waals surface area contributed by atoms with Gasteiger partial charge in [-0.3, -0.25) is 0 Å². The third-order valence-corrected chi connectivity index (χ3v) is 3.02. The minimum atomic E-state index is -2.84. The van der Waals surface area contributed by atoms with Crippen LogP contribution in [0, 0.1) is 0 Å². The molecule has 0 aliphatic carbocycles. The number of ether oxygens (including phenoxy) is 2. The molecule has 0 aromatic heterocycles. The Labute approximate surface area is 126 Å². The van der Waals surface area contributed by atoms with Crippen molar-refractivity contribution in [3.05, 3.63) is 53.1 Å². The number of alkyl halides is 2. The molecular formula is C15H14ClF2NO2. The molecule has 0 unspecified atom stereocenters. The number of methoxy groups -OCH3 is 1. The first-order chi connectivity index (χ1) is 10.1. The monoisotopic (exact) mass is 313 g/mol. The van der Waals surface area contributed by atoms with Crippen molar-refractivity contribution in [1.82, 2.24) is 0 Å². The minimum Gasteiger partial charge on any atom is -0.496 e. The first kappa shape index (κ1) is 15.4. The molecule has 21 heavy (non-hydrogen) atoms. The van der Waals surface area contributed by atoms with Crippen LogP contribution in [-0.2, 0) is 6.54 Å². The highest BCUT2D eigenvalue weighted by molar-refractivity contribution is 6.30. The predicted octanol–water partition coefficient (Wildman–Crippen LogP) is 4.56. The number of rotatable bonds is 6. The van der Waals surface area contributed by atoms with Crippen LogP contribution in [0.4, 0.5) is 14.5 Å². The number of anilines is 1. The van der Waals surface area contributed by atoms with Gasteiger partial charge in [0.1, 0.15) is 11.5 Å². The van der Waals surface area contributed by atoms with Crippen LogP contribution in [0.1, 0.15) is 5.56 Å². The molecular weight excluding hydrogens is 300 g/mol. The minimum absolute atomic E-state index is 0.105. The molecule has 0 radical (unpaired) electrons. The van der Waals surface area contributed by atoms with Crippen LogP contribution in [0.25, 0.3) is 0 Å². The molecule has 6 heteroatoms. The molecule has 1 N–H and O–H groups in total. The lowest BCUT2D eigenvalue weighted by molar-refractivity contribution is -0.0498. The zero-order valence-electron chi connectivity index (χ0n) is 11.3. The van der Waals surface area contributed by atoms with E-state index in [0.29, 0.717) is 23.0 Å². The van der Waals surface area contributed by atoms with Gasteiger partial charge in [-0.2, -0.15) is 8.78 Å². The van der Waals surface area contributed by atoms with Crippen molar-refractivity contribution in [3.8, 4) is 11.5 Å². The van der Waals surface area contributed by atoms with E-state index in [1.54, 1.807) is 37.4 Å². The molecule has 0 amide bonds. The first-order valence-corrected chi connectivity index (χ1v) is 6.57. The Bertz CT molecular complexity index is 608. The second-order valence-corrected chi connectivity index (χ2v) is 4.65. The highest BCUT2D eigenvalue weighted by Gasteiger charge is 2.06. The highest BCUT2D eigenvalue weighted by atomic mass is 35.5. The molecule has 3 nitrogen and oxygen atoms in total. The quantitative estimate of drug-likeness (QED) is 0.848. The number of halogens is 3. The summed E-state index contributed by atoms with van der Waals surface area (Å²) in [5, 5.41) is 3.71. The zero-order valence-corrected chi connectivity index (χ0v) is 12.0. The maximum Gasteiger partial charge on any atom is 0.387 e. The van der Waals surface area contributed by atoms with Gasteiger partial charge in [-0.05, 0) is 30.3 Å². The summed E-state index contributed by atoms with van der Waals surface area (Å²) in [6.45, 7) is -2.39. The average molecular weight is 314 g/mol.